The second kappa shape index (κ2) is 5.55. The lowest BCUT2D eigenvalue weighted by molar-refractivity contribution is -0.385. The van der Waals surface area contributed by atoms with Gasteiger partial charge in [0.1, 0.15) is 5.82 Å². The van der Waals surface area contributed by atoms with Gasteiger partial charge >= 0.3 is 0 Å². The zero-order valence-electron chi connectivity index (χ0n) is 9.15. The van der Waals surface area contributed by atoms with Crippen molar-refractivity contribution in [1.82, 2.24) is 0 Å². The number of hydrogen-bond donors (Lipinski definition) is 1. The number of nitro groups is 1. The van der Waals surface area contributed by atoms with Crippen molar-refractivity contribution < 1.29 is 9.31 Å². The van der Waals surface area contributed by atoms with Gasteiger partial charge in [0.25, 0.3) is 5.69 Å². The Morgan fingerprint density at radius 2 is 2.19 bits per heavy atom. The number of nitrogens with two attached hydrogens (primary N) is 1. The molecule has 0 aliphatic carbocycles. The molecule has 1 unspecified atom stereocenters. The summed E-state index contributed by atoms with van der Waals surface area (Å²) >= 11 is 0. The Balaban J connectivity index is 2.84. The number of hydrogen-bond acceptors (Lipinski definition) is 3. The van der Waals surface area contributed by atoms with Crippen molar-refractivity contribution in [1.29, 1.82) is 0 Å². The summed E-state index contributed by atoms with van der Waals surface area (Å²) < 4.78 is 13.1. The SMILES string of the molecule is CCCC(N)Cc1cc(F)cc([N+](=O)[O-])c1. The van der Waals surface area contributed by atoms with Gasteiger partial charge in [0.2, 0.25) is 0 Å². The van der Waals surface area contributed by atoms with E-state index in [1.807, 2.05) is 6.92 Å². The highest BCUT2D eigenvalue weighted by Gasteiger charge is 2.11. The molecule has 0 amide bonds. The summed E-state index contributed by atoms with van der Waals surface area (Å²) in [5, 5.41) is 10.5. The van der Waals surface area contributed by atoms with Crippen LogP contribution < -0.4 is 5.73 Å². The molecule has 1 atom stereocenters. The third-order valence-electron chi connectivity index (χ3n) is 2.31. The molecule has 0 saturated carbocycles. The van der Waals surface area contributed by atoms with Crippen molar-refractivity contribution in [3.63, 3.8) is 0 Å². The van der Waals surface area contributed by atoms with Crippen molar-refractivity contribution in [3.8, 4) is 0 Å². The van der Waals surface area contributed by atoms with Crippen LogP contribution in [0.3, 0.4) is 0 Å². The average molecular weight is 226 g/mol. The molecule has 16 heavy (non-hydrogen) atoms. The Bertz CT molecular complexity index is 382. The van der Waals surface area contributed by atoms with Crippen LogP contribution in [-0.4, -0.2) is 11.0 Å². The van der Waals surface area contributed by atoms with Crippen LogP contribution in [0.25, 0.3) is 0 Å². The second-order valence-electron chi connectivity index (χ2n) is 3.83. The van der Waals surface area contributed by atoms with Gasteiger partial charge in [0, 0.05) is 12.1 Å². The summed E-state index contributed by atoms with van der Waals surface area (Å²) in [5.74, 6) is -0.590. The van der Waals surface area contributed by atoms with E-state index in [1.54, 1.807) is 0 Å². The predicted octanol–water partition coefficient (Wildman–Crippen LogP) is 2.40. The molecule has 0 bridgehead atoms. The fraction of sp³-hybridized carbons (Fsp3) is 0.455. The Morgan fingerprint density at radius 3 is 2.75 bits per heavy atom. The van der Waals surface area contributed by atoms with E-state index < -0.39 is 10.7 Å². The number of nitro benzene ring substituents is 1. The molecule has 2 N–H and O–H groups in total. The third-order valence-corrected chi connectivity index (χ3v) is 2.31. The number of rotatable bonds is 5. The van der Waals surface area contributed by atoms with E-state index in [9.17, 15) is 14.5 Å². The molecular weight excluding hydrogens is 211 g/mol. The molecule has 0 saturated heterocycles. The van der Waals surface area contributed by atoms with Crippen LogP contribution >= 0.6 is 0 Å². The topological polar surface area (TPSA) is 69.2 Å². The molecule has 0 aromatic heterocycles. The minimum atomic E-state index is -0.599. The molecule has 1 aromatic rings. The third kappa shape index (κ3) is 3.58. The normalized spacial score (nSPS) is 12.4. The Hall–Kier alpha value is -1.49. The van der Waals surface area contributed by atoms with E-state index in [-0.39, 0.29) is 11.7 Å². The monoisotopic (exact) mass is 226 g/mol. The molecule has 5 heteroatoms. The van der Waals surface area contributed by atoms with Gasteiger partial charge in [-0.15, -0.1) is 0 Å². The number of halogens is 1. The largest absolute Gasteiger partial charge is 0.327 e. The van der Waals surface area contributed by atoms with Crippen molar-refractivity contribution in [2.45, 2.75) is 32.2 Å². The molecule has 1 rings (SSSR count). The molecule has 0 spiro atoms. The zero-order valence-corrected chi connectivity index (χ0v) is 9.15. The van der Waals surface area contributed by atoms with Crippen molar-refractivity contribution in [2.24, 2.45) is 5.73 Å². The summed E-state index contributed by atoms with van der Waals surface area (Å²) in [7, 11) is 0. The van der Waals surface area contributed by atoms with Crippen molar-refractivity contribution in [2.75, 3.05) is 0 Å². The highest BCUT2D eigenvalue weighted by Crippen LogP contribution is 2.17. The average Bonchev–Trinajstić information content (AvgIpc) is 2.16. The molecule has 0 aliphatic heterocycles. The quantitative estimate of drug-likeness (QED) is 0.619. The summed E-state index contributed by atoms with van der Waals surface area (Å²) in [4.78, 5) is 9.93. The zero-order chi connectivity index (χ0) is 12.1. The van der Waals surface area contributed by atoms with Gasteiger partial charge in [0.05, 0.1) is 11.0 Å². The maximum atomic E-state index is 13.1. The molecule has 4 nitrogen and oxygen atoms in total. The van der Waals surface area contributed by atoms with E-state index >= 15 is 0 Å². The van der Waals surface area contributed by atoms with Crippen LogP contribution in [0.2, 0.25) is 0 Å². The van der Waals surface area contributed by atoms with E-state index in [1.165, 1.54) is 12.1 Å². The molecule has 0 aliphatic rings. The van der Waals surface area contributed by atoms with Gasteiger partial charge < -0.3 is 5.73 Å². The lowest BCUT2D eigenvalue weighted by atomic mass is 10.0. The summed E-state index contributed by atoms with van der Waals surface area (Å²) in [6, 6.07) is 3.50. The molecule has 88 valence electrons. The van der Waals surface area contributed by atoms with Gasteiger partial charge in [-0.1, -0.05) is 13.3 Å². The lowest BCUT2D eigenvalue weighted by Crippen LogP contribution is -2.22. The first kappa shape index (κ1) is 12.6. The van der Waals surface area contributed by atoms with E-state index in [4.69, 9.17) is 5.73 Å². The van der Waals surface area contributed by atoms with E-state index in [0.29, 0.717) is 12.0 Å². The van der Waals surface area contributed by atoms with Crippen LogP contribution in [-0.2, 0) is 6.42 Å². The van der Waals surface area contributed by atoms with Gasteiger partial charge in [-0.3, -0.25) is 10.1 Å². The minimum absolute atomic E-state index is 0.0774. The number of benzene rings is 1. The maximum Gasteiger partial charge on any atom is 0.272 e. The van der Waals surface area contributed by atoms with Crippen LogP contribution in [0.1, 0.15) is 25.3 Å². The van der Waals surface area contributed by atoms with Gasteiger partial charge in [0.15, 0.2) is 0 Å². The van der Waals surface area contributed by atoms with Gasteiger partial charge in [-0.05, 0) is 24.5 Å². The fourth-order valence-electron chi connectivity index (χ4n) is 1.63. The Kier molecular flexibility index (Phi) is 4.37. The first-order valence-corrected chi connectivity index (χ1v) is 5.22. The highest BCUT2D eigenvalue weighted by atomic mass is 19.1. The van der Waals surface area contributed by atoms with E-state index in [0.717, 1.165) is 18.9 Å². The predicted molar refractivity (Wildman–Crippen MR) is 59.6 cm³/mol. The van der Waals surface area contributed by atoms with Crippen LogP contribution in [0.5, 0.6) is 0 Å². The molecular formula is C11H15FN2O2. The van der Waals surface area contributed by atoms with Crippen molar-refractivity contribution >= 4 is 5.69 Å². The smallest absolute Gasteiger partial charge is 0.272 e. The van der Waals surface area contributed by atoms with Crippen LogP contribution in [0.4, 0.5) is 10.1 Å². The van der Waals surface area contributed by atoms with Crippen molar-refractivity contribution in [3.05, 3.63) is 39.7 Å². The highest BCUT2D eigenvalue weighted by molar-refractivity contribution is 5.35. The summed E-state index contributed by atoms with van der Waals surface area (Å²) in [6.07, 6.45) is 2.23. The number of nitrogens with zero attached hydrogens (tertiary/aromatic N) is 1. The minimum Gasteiger partial charge on any atom is -0.327 e. The molecule has 0 fully saturated rings. The first-order valence-electron chi connectivity index (χ1n) is 5.22. The van der Waals surface area contributed by atoms with Crippen LogP contribution in [0.15, 0.2) is 18.2 Å². The Labute approximate surface area is 93.4 Å². The standard InChI is InChI=1S/C11H15FN2O2/c1-2-3-10(13)5-8-4-9(12)7-11(6-8)14(15)16/h4,6-7,10H,2-3,5,13H2,1H3. The lowest BCUT2D eigenvalue weighted by Gasteiger charge is -2.09. The number of non-ortho nitro benzene ring substituents is 1. The Morgan fingerprint density at radius 1 is 1.50 bits per heavy atom. The molecule has 0 radical (unpaired) electrons. The van der Waals surface area contributed by atoms with Gasteiger partial charge in [-0.25, -0.2) is 4.39 Å². The summed E-state index contributed by atoms with van der Waals surface area (Å²) in [6.45, 7) is 2.01. The first-order chi connectivity index (χ1) is 7.52. The maximum absolute atomic E-state index is 13.1. The van der Waals surface area contributed by atoms with E-state index in [2.05, 4.69) is 0 Å². The summed E-state index contributed by atoms with van der Waals surface area (Å²) in [5.41, 5.74) is 6.15. The second-order valence-corrected chi connectivity index (χ2v) is 3.83. The van der Waals surface area contributed by atoms with Crippen LogP contribution in [0, 0.1) is 15.9 Å². The molecule has 0 heterocycles. The fourth-order valence-corrected chi connectivity index (χ4v) is 1.63. The van der Waals surface area contributed by atoms with Gasteiger partial charge in [-0.2, -0.15) is 0 Å². The molecule has 1 aromatic carbocycles.